The highest BCUT2D eigenvalue weighted by Gasteiger charge is 2.22. The van der Waals surface area contributed by atoms with Gasteiger partial charge in [0.15, 0.2) is 0 Å². The Morgan fingerprint density at radius 3 is 2.84 bits per heavy atom. The highest BCUT2D eigenvalue weighted by molar-refractivity contribution is 7.18. The molecule has 100 valence electrons. The second-order valence-corrected chi connectivity index (χ2v) is 6.13. The molecule has 1 aromatic carbocycles. The number of rotatable bonds is 3. The van der Waals surface area contributed by atoms with E-state index >= 15 is 0 Å². The summed E-state index contributed by atoms with van der Waals surface area (Å²) in [6, 6.07) is 8.00. The molecule has 0 N–H and O–H groups in total. The number of thiazole rings is 1. The van der Waals surface area contributed by atoms with Crippen molar-refractivity contribution in [3.05, 3.63) is 29.3 Å². The molecule has 3 rings (SSSR count). The van der Waals surface area contributed by atoms with Crippen LogP contribution in [-0.4, -0.2) is 11.0 Å². The number of hydrogen-bond acceptors (Lipinski definition) is 4. The summed E-state index contributed by atoms with van der Waals surface area (Å²) in [4.78, 5) is 16.4. The van der Waals surface area contributed by atoms with Gasteiger partial charge in [-0.3, -0.25) is 4.79 Å². The molecule has 4 heteroatoms. The molecule has 3 nitrogen and oxygen atoms in total. The molecule has 1 aliphatic carbocycles. The fourth-order valence-electron chi connectivity index (χ4n) is 2.57. The molecule has 0 saturated heterocycles. The van der Waals surface area contributed by atoms with E-state index in [2.05, 4.69) is 4.98 Å². The third kappa shape index (κ3) is 2.95. The molecule has 1 aromatic heterocycles. The average molecular weight is 275 g/mol. The highest BCUT2D eigenvalue weighted by Crippen LogP contribution is 2.26. The summed E-state index contributed by atoms with van der Waals surface area (Å²) >= 11 is 1.60. The standard InChI is InChI=1S/C15H17NO2S/c17-15(11-6-2-1-3-7-11)18-10-14-16-12-8-4-5-9-13(12)19-14/h4-5,8-9,11H,1-3,6-7,10H2. The molecule has 1 fully saturated rings. The van der Waals surface area contributed by atoms with Gasteiger partial charge in [0.05, 0.1) is 16.1 Å². The van der Waals surface area contributed by atoms with E-state index in [9.17, 15) is 4.79 Å². The van der Waals surface area contributed by atoms with Gasteiger partial charge >= 0.3 is 5.97 Å². The van der Waals surface area contributed by atoms with Crippen molar-refractivity contribution in [1.29, 1.82) is 0 Å². The van der Waals surface area contributed by atoms with Crippen LogP contribution in [0.1, 0.15) is 37.1 Å². The monoisotopic (exact) mass is 275 g/mol. The fraction of sp³-hybridized carbons (Fsp3) is 0.467. The van der Waals surface area contributed by atoms with Crippen molar-refractivity contribution in [2.75, 3.05) is 0 Å². The summed E-state index contributed by atoms with van der Waals surface area (Å²) < 4.78 is 6.55. The smallest absolute Gasteiger partial charge is 0.309 e. The van der Waals surface area contributed by atoms with E-state index in [1.54, 1.807) is 11.3 Å². The van der Waals surface area contributed by atoms with Gasteiger partial charge in [0.25, 0.3) is 0 Å². The molecule has 1 aliphatic rings. The quantitative estimate of drug-likeness (QED) is 0.797. The van der Waals surface area contributed by atoms with E-state index in [-0.39, 0.29) is 11.9 Å². The zero-order valence-electron chi connectivity index (χ0n) is 10.8. The van der Waals surface area contributed by atoms with Crippen LogP contribution in [-0.2, 0) is 16.1 Å². The van der Waals surface area contributed by atoms with Gasteiger partial charge in [-0.15, -0.1) is 11.3 Å². The summed E-state index contributed by atoms with van der Waals surface area (Å²) in [5.41, 5.74) is 0.983. The lowest BCUT2D eigenvalue weighted by molar-refractivity contribution is -0.151. The molecule has 0 bridgehead atoms. The van der Waals surface area contributed by atoms with Crippen LogP contribution in [0.25, 0.3) is 10.2 Å². The van der Waals surface area contributed by atoms with Crippen LogP contribution in [0.15, 0.2) is 24.3 Å². The van der Waals surface area contributed by atoms with E-state index in [4.69, 9.17) is 4.74 Å². The highest BCUT2D eigenvalue weighted by atomic mass is 32.1. The number of ether oxygens (including phenoxy) is 1. The fourth-order valence-corrected chi connectivity index (χ4v) is 3.45. The average Bonchev–Trinajstić information content (AvgIpc) is 2.88. The molecule has 0 amide bonds. The van der Waals surface area contributed by atoms with Crippen LogP contribution in [0.3, 0.4) is 0 Å². The molecule has 1 saturated carbocycles. The first kappa shape index (κ1) is 12.6. The first-order valence-corrected chi connectivity index (χ1v) is 7.65. The van der Waals surface area contributed by atoms with Crippen LogP contribution in [0.5, 0.6) is 0 Å². The van der Waals surface area contributed by atoms with Crippen molar-refractivity contribution in [2.24, 2.45) is 5.92 Å². The van der Waals surface area contributed by atoms with E-state index < -0.39 is 0 Å². The Morgan fingerprint density at radius 1 is 1.26 bits per heavy atom. The number of hydrogen-bond donors (Lipinski definition) is 0. The molecule has 0 aliphatic heterocycles. The van der Waals surface area contributed by atoms with E-state index in [0.717, 1.165) is 40.9 Å². The largest absolute Gasteiger partial charge is 0.458 e. The van der Waals surface area contributed by atoms with Gasteiger partial charge in [-0.2, -0.15) is 0 Å². The van der Waals surface area contributed by atoms with Gasteiger partial charge in [-0.1, -0.05) is 31.4 Å². The maximum Gasteiger partial charge on any atom is 0.309 e. The summed E-state index contributed by atoms with van der Waals surface area (Å²) in [6.45, 7) is 0.314. The second-order valence-electron chi connectivity index (χ2n) is 5.02. The Kier molecular flexibility index (Phi) is 3.78. The molecule has 1 heterocycles. The molecular weight excluding hydrogens is 258 g/mol. The molecule has 0 atom stereocenters. The third-order valence-corrected chi connectivity index (χ3v) is 4.62. The molecule has 2 aromatic rings. The number of aromatic nitrogens is 1. The summed E-state index contributed by atoms with van der Waals surface area (Å²) in [5, 5.41) is 0.880. The summed E-state index contributed by atoms with van der Waals surface area (Å²) in [7, 11) is 0. The minimum atomic E-state index is -0.0426. The molecule has 0 radical (unpaired) electrons. The van der Waals surface area contributed by atoms with Crippen LogP contribution in [0.4, 0.5) is 0 Å². The van der Waals surface area contributed by atoms with Gasteiger partial charge < -0.3 is 4.74 Å². The number of carbonyl (C=O) groups excluding carboxylic acids is 1. The lowest BCUT2D eigenvalue weighted by Gasteiger charge is -2.19. The summed E-state index contributed by atoms with van der Waals surface area (Å²) in [6.07, 6.45) is 5.53. The Morgan fingerprint density at radius 2 is 2.05 bits per heavy atom. The SMILES string of the molecule is O=C(OCc1nc2ccccc2s1)C1CCCCC1. The first-order valence-electron chi connectivity index (χ1n) is 6.84. The minimum absolute atomic E-state index is 0.0426. The molecule has 0 spiro atoms. The van der Waals surface area contributed by atoms with Crippen LogP contribution >= 0.6 is 11.3 Å². The molecular formula is C15H17NO2S. The topological polar surface area (TPSA) is 39.2 Å². The Labute approximate surface area is 116 Å². The number of carbonyl (C=O) groups is 1. The van der Waals surface area contributed by atoms with Crippen molar-refractivity contribution in [3.63, 3.8) is 0 Å². The van der Waals surface area contributed by atoms with Crippen molar-refractivity contribution < 1.29 is 9.53 Å². The maximum absolute atomic E-state index is 11.9. The van der Waals surface area contributed by atoms with Crippen molar-refractivity contribution in [1.82, 2.24) is 4.98 Å². The van der Waals surface area contributed by atoms with Gasteiger partial charge in [-0.05, 0) is 25.0 Å². The summed E-state index contributed by atoms with van der Waals surface area (Å²) in [5.74, 6) is 0.0714. The lowest BCUT2D eigenvalue weighted by Crippen LogP contribution is -2.20. The third-order valence-electron chi connectivity index (χ3n) is 3.61. The number of esters is 1. The predicted octanol–water partition coefficient (Wildman–Crippen LogP) is 3.92. The van der Waals surface area contributed by atoms with Crippen LogP contribution in [0, 0.1) is 5.92 Å². The van der Waals surface area contributed by atoms with Crippen LogP contribution in [0.2, 0.25) is 0 Å². The lowest BCUT2D eigenvalue weighted by atomic mass is 9.89. The van der Waals surface area contributed by atoms with Gasteiger partial charge in [-0.25, -0.2) is 4.98 Å². The van der Waals surface area contributed by atoms with Crippen LogP contribution < -0.4 is 0 Å². The first-order chi connectivity index (χ1) is 9.33. The Hall–Kier alpha value is -1.42. The zero-order chi connectivity index (χ0) is 13.1. The second kappa shape index (κ2) is 5.70. The maximum atomic E-state index is 11.9. The van der Waals surface area contributed by atoms with E-state index in [0.29, 0.717) is 6.61 Å². The molecule has 0 unspecified atom stereocenters. The Bertz CT molecular complexity index is 539. The minimum Gasteiger partial charge on any atom is -0.458 e. The van der Waals surface area contributed by atoms with Gasteiger partial charge in [0, 0.05) is 0 Å². The van der Waals surface area contributed by atoms with Crippen molar-refractivity contribution in [3.8, 4) is 0 Å². The predicted molar refractivity (Wildman–Crippen MR) is 76.0 cm³/mol. The van der Waals surface area contributed by atoms with E-state index in [1.165, 1.54) is 6.42 Å². The normalized spacial score (nSPS) is 16.6. The zero-order valence-corrected chi connectivity index (χ0v) is 11.6. The number of benzene rings is 1. The van der Waals surface area contributed by atoms with Crippen molar-refractivity contribution in [2.45, 2.75) is 38.7 Å². The molecule has 19 heavy (non-hydrogen) atoms. The number of fused-ring (bicyclic) bond motifs is 1. The van der Waals surface area contributed by atoms with Gasteiger partial charge in [0.1, 0.15) is 11.6 Å². The van der Waals surface area contributed by atoms with E-state index in [1.807, 2.05) is 24.3 Å². The number of nitrogens with zero attached hydrogens (tertiary/aromatic N) is 1. The van der Waals surface area contributed by atoms with Crippen molar-refractivity contribution >= 4 is 27.5 Å². The van der Waals surface area contributed by atoms with Gasteiger partial charge in [0.2, 0.25) is 0 Å². The Balaban J connectivity index is 1.60. The number of para-hydroxylation sites is 1.